The maximum Gasteiger partial charge on any atom is 0.240 e. The molecule has 0 amide bonds. The third kappa shape index (κ3) is 5.23. The Morgan fingerprint density at radius 2 is 2.06 bits per heavy atom. The molecule has 0 aliphatic heterocycles. The van der Waals surface area contributed by atoms with Crippen LogP contribution in [0.15, 0.2) is 29.2 Å². The standard InChI is InChI=1S/C10H15ClN2O2S.ClH/c1-8(12-2)7-13-16(14,15)10-5-3-4-9(11)6-10;/h3-6,8,12-13H,7H2,1-2H3;1H. The van der Waals surface area contributed by atoms with Crippen molar-refractivity contribution in [1.82, 2.24) is 10.0 Å². The van der Waals surface area contributed by atoms with Gasteiger partial charge in [-0.1, -0.05) is 17.7 Å². The summed E-state index contributed by atoms with van der Waals surface area (Å²) in [6.45, 7) is 2.23. The Balaban J connectivity index is 0.00000256. The first kappa shape index (κ1) is 16.7. The first-order chi connectivity index (χ1) is 7.45. The molecule has 0 heterocycles. The summed E-state index contributed by atoms with van der Waals surface area (Å²) in [5, 5.41) is 3.35. The number of sulfonamides is 1. The molecule has 1 aromatic carbocycles. The minimum Gasteiger partial charge on any atom is -0.316 e. The van der Waals surface area contributed by atoms with Crippen LogP contribution in [0.1, 0.15) is 6.92 Å². The quantitative estimate of drug-likeness (QED) is 0.869. The van der Waals surface area contributed by atoms with Crippen molar-refractivity contribution in [1.29, 1.82) is 0 Å². The number of halogens is 2. The lowest BCUT2D eigenvalue weighted by Gasteiger charge is -2.11. The first-order valence-corrected chi connectivity index (χ1v) is 6.74. The summed E-state index contributed by atoms with van der Waals surface area (Å²) < 4.78 is 26.1. The van der Waals surface area contributed by atoms with Crippen molar-refractivity contribution >= 4 is 34.0 Å². The molecule has 1 unspecified atom stereocenters. The molecule has 17 heavy (non-hydrogen) atoms. The molecule has 0 saturated carbocycles. The van der Waals surface area contributed by atoms with E-state index in [4.69, 9.17) is 11.6 Å². The zero-order chi connectivity index (χ0) is 12.2. The highest BCUT2D eigenvalue weighted by Crippen LogP contribution is 2.14. The second-order valence-electron chi connectivity index (χ2n) is 3.50. The largest absolute Gasteiger partial charge is 0.316 e. The van der Waals surface area contributed by atoms with Gasteiger partial charge in [0.25, 0.3) is 0 Å². The van der Waals surface area contributed by atoms with E-state index < -0.39 is 10.0 Å². The van der Waals surface area contributed by atoms with Crippen molar-refractivity contribution in [2.24, 2.45) is 0 Å². The van der Waals surface area contributed by atoms with Gasteiger partial charge in [0.2, 0.25) is 10.0 Å². The fourth-order valence-corrected chi connectivity index (χ4v) is 2.49. The van der Waals surface area contributed by atoms with Gasteiger partial charge in [-0.3, -0.25) is 0 Å². The summed E-state index contributed by atoms with van der Waals surface area (Å²) in [6.07, 6.45) is 0. The summed E-state index contributed by atoms with van der Waals surface area (Å²) in [7, 11) is -1.69. The molecule has 0 saturated heterocycles. The van der Waals surface area contributed by atoms with Gasteiger partial charge in [0.05, 0.1) is 4.90 Å². The van der Waals surface area contributed by atoms with E-state index in [1.165, 1.54) is 12.1 Å². The predicted octanol–water partition coefficient (Wildman–Crippen LogP) is 1.65. The van der Waals surface area contributed by atoms with Gasteiger partial charge in [-0.25, -0.2) is 13.1 Å². The molecule has 4 nitrogen and oxygen atoms in total. The van der Waals surface area contributed by atoms with Gasteiger partial charge in [-0.05, 0) is 32.2 Å². The van der Waals surface area contributed by atoms with Crippen LogP contribution in [-0.2, 0) is 10.0 Å². The van der Waals surface area contributed by atoms with Gasteiger partial charge in [-0.15, -0.1) is 12.4 Å². The van der Waals surface area contributed by atoms with Crippen molar-refractivity contribution < 1.29 is 8.42 Å². The van der Waals surface area contributed by atoms with E-state index in [2.05, 4.69) is 10.0 Å². The van der Waals surface area contributed by atoms with Gasteiger partial charge in [-0.2, -0.15) is 0 Å². The zero-order valence-corrected chi connectivity index (χ0v) is 12.0. The smallest absolute Gasteiger partial charge is 0.240 e. The van der Waals surface area contributed by atoms with Crippen LogP contribution in [0.4, 0.5) is 0 Å². The number of nitrogens with one attached hydrogen (secondary N) is 2. The third-order valence-corrected chi connectivity index (χ3v) is 3.84. The molecule has 1 rings (SSSR count). The van der Waals surface area contributed by atoms with E-state index >= 15 is 0 Å². The second-order valence-corrected chi connectivity index (χ2v) is 5.70. The Labute approximate surface area is 113 Å². The SMILES string of the molecule is CNC(C)CNS(=O)(=O)c1cccc(Cl)c1.Cl. The minimum absolute atomic E-state index is 0. The average molecular weight is 299 g/mol. The second kappa shape index (κ2) is 7.18. The van der Waals surface area contributed by atoms with Crippen molar-refractivity contribution in [2.75, 3.05) is 13.6 Å². The normalized spacial score (nSPS) is 12.9. The van der Waals surface area contributed by atoms with E-state index in [1.54, 1.807) is 19.2 Å². The first-order valence-electron chi connectivity index (χ1n) is 4.88. The van der Waals surface area contributed by atoms with Gasteiger partial charge in [0.15, 0.2) is 0 Å². The molecule has 0 bridgehead atoms. The lowest BCUT2D eigenvalue weighted by molar-refractivity contribution is 0.554. The van der Waals surface area contributed by atoms with E-state index in [-0.39, 0.29) is 23.3 Å². The molecule has 7 heteroatoms. The highest BCUT2D eigenvalue weighted by Gasteiger charge is 2.14. The summed E-state index contributed by atoms with van der Waals surface area (Å²) in [5.74, 6) is 0. The maximum absolute atomic E-state index is 11.8. The van der Waals surface area contributed by atoms with E-state index in [0.717, 1.165) is 0 Å². The molecular weight excluding hydrogens is 283 g/mol. The number of hydrogen-bond acceptors (Lipinski definition) is 3. The third-order valence-electron chi connectivity index (χ3n) is 2.18. The Morgan fingerprint density at radius 3 is 2.59 bits per heavy atom. The monoisotopic (exact) mass is 298 g/mol. The summed E-state index contributed by atoms with van der Waals surface area (Å²) >= 11 is 5.74. The van der Waals surface area contributed by atoms with Crippen LogP contribution in [0.2, 0.25) is 5.02 Å². The number of hydrogen-bond donors (Lipinski definition) is 2. The average Bonchev–Trinajstić information content (AvgIpc) is 2.26. The van der Waals surface area contributed by atoms with Crippen LogP contribution in [-0.4, -0.2) is 28.1 Å². The zero-order valence-electron chi connectivity index (χ0n) is 9.60. The van der Waals surface area contributed by atoms with E-state index in [9.17, 15) is 8.42 Å². The molecule has 1 atom stereocenters. The highest BCUT2D eigenvalue weighted by atomic mass is 35.5. The highest BCUT2D eigenvalue weighted by molar-refractivity contribution is 7.89. The summed E-state index contributed by atoms with van der Waals surface area (Å²) in [4.78, 5) is 0.184. The topological polar surface area (TPSA) is 58.2 Å². The van der Waals surface area contributed by atoms with Crippen molar-refractivity contribution in [3.8, 4) is 0 Å². The Hall–Kier alpha value is -0.330. The van der Waals surface area contributed by atoms with Crippen LogP contribution >= 0.6 is 24.0 Å². The molecule has 1 aromatic rings. The molecule has 0 aliphatic carbocycles. The summed E-state index contributed by atoms with van der Waals surface area (Å²) in [6, 6.07) is 6.26. The Morgan fingerprint density at radius 1 is 1.41 bits per heavy atom. The molecule has 2 N–H and O–H groups in total. The number of benzene rings is 1. The van der Waals surface area contributed by atoms with E-state index in [1.807, 2.05) is 6.92 Å². The maximum atomic E-state index is 11.8. The summed E-state index contributed by atoms with van der Waals surface area (Å²) in [5.41, 5.74) is 0. The van der Waals surface area contributed by atoms with Crippen LogP contribution in [0, 0.1) is 0 Å². The van der Waals surface area contributed by atoms with Gasteiger partial charge >= 0.3 is 0 Å². The fraction of sp³-hybridized carbons (Fsp3) is 0.400. The molecule has 98 valence electrons. The van der Waals surface area contributed by atoms with Crippen LogP contribution in [0.5, 0.6) is 0 Å². The molecule has 0 spiro atoms. The number of likely N-dealkylation sites (N-methyl/N-ethyl adjacent to an activating group) is 1. The van der Waals surface area contributed by atoms with Gasteiger partial charge in [0.1, 0.15) is 0 Å². The molecular formula is C10H16Cl2N2O2S. The molecule has 0 fully saturated rings. The molecule has 0 aromatic heterocycles. The van der Waals surface area contributed by atoms with Crippen molar-refractivity contribution in [2.45, 2.75) is 17.9 Å². The molecule has 0 aliphatic rings. The van der Waals surface area contributed by atoms with Crippen molar-refractivity contribution in [3.05, 3.63) is 29.3 Å². The number of rotatable bonds is 5. The van der Waals surface area contributed by atoms with Gasteiger partial charge in [0, 0.05) is 17.6 Å². The lowest BCUT2D eigenvalue weighted by Crippen LogP contribution is -2.37. The van der Waals surface area contributed by atoms with Crippen LogP contribution in [0.25, 0.3) is 0 Å². The van der Waals surface area contributed by atoms with Crippen LogP contribution < -0.4 is 10.0 Å². The Kier molecular flexibility index (Phi) is 7.04. The fourth-order valence-electron chi connectivity index (χ4n) is 1.05. The minimum atomic E-state index is -3.46. The lowest BCUT2D eigenvalue weighted by atomic mass is 10.4. The van der Waals surface area contributed by atoms with Gasteiger partial charge < -0.3 is 5.32 Å². The van der Waals surface area contributed by atoms with E-state index in [0.29, 0.717) is 11.6 Å². The molecule has 0 radical (unpaired) electrons. The van der Waals surface area contributed by atoms with Crippen molar-refractivity contribution in [3.63, 3.8) is 0 Å². The Bertz CT molecular complexity index is 451. The predicted molar refractivity (Wildman–Crippen MR) is 72.4 cm³/mol. The van der Waals surface area contributed by atoms with Crippen LogP contribution in [0.3, 0.4) is 0 Å².